The van der Waals surface area contributed by atoms with Gasteiger partial charge in [0.15, 0.2) is 0 Å². The number of hydrogen-bond acceptors (Lipinski definition) is 3. The molecule has 1 atom stereocenters. The summed E-state index contributed by atoms with van der Waals surface area (Å²) in [5.74, 6) is 0.160. The Morgan fingerprint density at radius 3 is 2.44 bits per heavy atom. The molecule has 1 aliphatic heterocycles. The van der Waals surface area contributed by atoms with Gasteiger partial charge in [0, 0.05) is 38.6 Å². The van der Waals surface area contributed by atoms with Gasteiger partial charge in [-0.3, -0.25) is 9.59 Å². The summed E-state index contributed by atoms with van der Waals surface area (Å²) in [7, 11) is 0. The Bertz CT molecular complexity index is 286. The Labute approximate surface area is 109 Å². The van der Waals surface area contributed by atoms with Gasteiger partial charge in [-0.25, -0.2) is 0 Å². The normalized spacial score (nSPS) is 18.5. The lowest BCUT2D eigenvalue weighted by Crippen LogP contribution is -2.45. The molecule has 1 rings (SSSR count). The van der Waals surface area contributed by atoms with E-state index in [2.05, 4.69) is 5.32 Å². The Balaban J connectivity index is 2.37. The number of aliphatic hydroxyl groups is 1. The second-order valence-electron chi connectivity index (χ2n) is 4.91. The second kappa shape index (κ2) is 7.36. The van der Waals surface area contributed by atoms with Crippen LogP contribution in [0.3, 0.4) is 0 Å². The maximum atomic E-state index is 12.0. The van der Waals surface area contributed by atoms with E-state index >= 15 is 0 Å². The van der Waals surface area contributed by atoms with E-state index in [1.54, 1.807) is 11.8 Å². The van der Waals surface area contributed by atoms with Crippen LogP contribution in [0.1, 0.15) is 39.5 Å². The molecule has 0 saturated carbocycles. The van der Waals surface area contributed by atoms with Gasteiger partial charge in [0.1, 0.15) is 0 Å². The summed E-state index contributed by atoms with van der Waals surface area (Å²) < 4.78 is 0. The van der Waals surface area contributed by atoms with Gasteiger partial charge in [0.05, 0.1) is 0 Å². The van der Waals surface area contributed by atoms with Gasteiger partial charge >= 0.3 is 0 Å². The third kappa shape index (κ3) is 4.29. The van der Waals surface area contributed by atoms with Crippen LogP contribution in [-0.4, -0.2) is 47.6 Å². The summed E-state index contributed by atoms with van der Waals surface area (Å²) in [5.41, 5.74) is 0. The van der Waals surface area contributed by atoms with Gasteiger partial charge in [-0.2, -0.15) is 0 Å². The number of carbonyl (C=O) groups is 2. The summed E-state index contributed by atoms with van der Waals surface area (Å²) in [6.07, 6.45) is 2.91. The molecule has 1 saturated heterocycles. The van der Waals surface area contributed by atoms with Crippen molar-refractivity contribution < 1.29 is 14.7 Å². The largest absolute Gasteiger partial charge is 0.396 e. The van der Waals surface area contributed by atoms with Crippen molar-refractivity contribution in [1.29, 1.82) is 0 Å². The third-order valence-corrected chi connectivity index (χ3v) is 3.63. The monoisotopic (exact) mass is 256 g/mol. The molecule has 1 aliphatic rings. The molecule has 0 aromatic rings. The van der Waals surface area contributed by atoms with Crippen molar-refractivity contribution in [2.45, 2.75) is 45.6 Å². The maximum absolute atomic E-state index is 12.0. The minimum atomic E-state index is 0.00772. The van der Waals surface area contributed by atoms with Crippen LogP contribution < -0.4 is 5.32 Å². The summed E-state index contributed by atoms with van der Waals surface area (Å²) in [4.78, 5) is 25.0. The van der Waals surface area contributed by atoms with Gasteiger partial charge in [-0.1, -0.05) is 6.92 Å². The summed E-state index contributed by atoms with van der Waals surface area (Å²) in [6, 6.07) is 0.0633. The molecule has 0 spiro atoms. The molecule has 5 heteroatoms. The molecular formula is C13H24N2O3. The van der Waals surface area contributed by atoms with Gasteiger partial charge in [0.2, 0.25) is 11.8 Å². The Morgan fingerprint density at radius 2 is 2.00 bits per heavy atom. The first kappa shape index (κ1) is 15.0. The molecule has 104 valence electrons. The number of nitrogens with one attached hydrogen (secondary N) is 1. The molecular weight excluding hydrogens is 232 g/mol. The van der Waals surface area contributed by atoms with Crippen LogP contribution in [0.15, 0.2) is 0 Å². The highest BCUT2D eigenvalue weighted by Crippen LogP contribution is 2.17. The Hall–Kier alpha value is -1.10. The zero-order chi connectivity index (χ0) is 13.5. The van der Waals surface area contributed by atoms with Crippen molar-refractivity contribution in [2.75, 3.05) is 19.7 Å². The number of hydrogen-bond donors (Lipinski definition) is 2. The second-order valence-corrected chi connectivity index (χ2v) is 4.91. The van der Waals surface area contributed by atoms with Crippen molar-refractivity contribution in [2.24, 2.45) is 5.92 Å². The van der Waals surface area contributed by atoms with Crippen LogP contribution in [0.25, 0.3) is 0 Å². The van der Waals surface area contributed by atoms with Crippen molar-refractivity contribution in [3.05, 3.63) is 0 Å². The smallest absolute Gasteiger partial charge is 0.223 e. The average molecular weight is 256 g/mol. The molecule has 0 aliphatic carbocycles. The topological polar surface area (TPSA) is 69.6 Å². The zero-order valence-corrected chi connectivity index (χ0v) is 11.3. The number of rotatable bonds is 5. The molecule has 18 heavy (non-hydrogen) atoms. The van der Waals surface area contributed by atoms with Gasteiger partial charge in [-0.15, -0.1) is 0 Å². The first-order valence-electron chi connectivity index (χ1n) is 6.75. The van der Waals surface area contributed by atoms with E-state index in [0.717, 1.165) is 19.3 Å². The molecule has 1 unspecified atom stereocenters. The summed E-state index contributed by atoms with van der Waals surface area (Å²) in [5, 5.41) is 11.9. The van der Waals surface area contributed by atoms with Crippen LogP contribution in [0.5, 0.6) is 0 Å². The highest BCUT2D eigenvalue weighted by molar-refractivity contribution is 5.79. The highest BCUT2D eigenvalue weighted by atomic mass is 16.3. The minimum Gasteiger partial charge on any atom is -0.396 e. The van der Waals surface area contributed by atoms with Crippen LogP contribution in [0.2, 0.25) is 0 Å². The molecule has 0 radical (unpaired) electrons. The predicted octanol–water partition coefficient (Wildman–Crippen LogP) is 0.522. The minimum absolute atomic E-state index is 0.00772. The van der Waals surface area contributed by atoms with Crippen LogP contribution >= 0.6 is 0 Å². The SMILES string of the molecule is CCC(CCO)NC(=O)C1CCN(C(C)=O)CC1. The van der Waals surface area contributed by atoms with Crippen molar-refractivity contribution >= 4 is 11.8 Å². The van der Waals surface area contributed by atoms with E-state index in [9.17, 15) is 9.59 Å². The van der Waals surface area contributed by atoms with Crippen LogP contribution in [-0.2, 0) is 9.59 Å². The summed E-state index contributed by atoms with van der Waals surface area (Å²) >= 11 is 0. The molecule has 2 amide bonds. The number of likely N-dealkylation sites (tertiary alicyclic amines) is 1. The Morgan fingerprint density at radius 1 is 1.39 bits per heavy atom. The van der Waals surface area contributed by atoms with E-state index in [1.807, 2.05) is 6.92 Å². The average Bonchev–Trinajstić information content (AvgIpc) is 2.38. The highest BCUT2D eigenvalue weighted by Gasteiger charge is 2.26. The number of piperidine rings is 1. The molecule has 0 aromatic carbocycles. The lowest BCUT2D eigenvalue weighted by molar-refractivity contribution is -0.134. The van der Waals surface area contributed by atoms with E-state index in [-0.39, 0.29) is 30.4 Å². The lowest BCUT2D eigenvalue weighted by Gasteiger charge is -2.31. The van der Waals surface area contributed by atoms with Gasteiger partial charge < -0.3 is 15.3 Å². The van der Waals surface area contributed by atoms with E-state index < -0.39 is 0 Å². The number of nitrogens with zero attached hydrogens (tertiary/aromatic N) is 1. The van der Waals surface area contributed by atoms with Crippen molar-refractivity contribution in [3.8, 4) is 0 Å². The van der Waals surface area contributed by atoms with E-state index in [0.29, 0.717) is 19.5 Å². The molecule has 0 aromatic heterocycles. The van der Waals surface area contributed by atoms with Crippen molar-refractivity contribution in [3.63, 3.8) is 0 Å². The quantitative estimate of drug-likeness (QED) is 0.753. The number of carbonyl (C=O) groups excluding carboxylic acids is 2. The summed E-state index contributed by atoms with van der Waals surface area (Å²) in [6.45, 7) is 5.00. The van der Waals surface area contributed by atoms with Gasteiger partial charge in [-0.05, 0) is 25.7 Å². The molecule has 1 heterocycles. The number of aliphatic hydroxyl groups excluding tert-OH is 1. The standard InChI is InChI=1S/C13H24N2O3/c1-3-12(6-9-16)14-13(18)11-4-7-15(8-5-11)10(2)17/h11-12,16H,3-9H2,1-2H3,(H,14,18). The zero-order valence-electron chi connectivity index (χ0n) is 11.3. The lowest BCUT2D eigenvalue weighted by atomic mass is 9.95. The molecule has 5 nitrogen and oxygen atoms in total. The fourth-order valence-electron chi connectivity index (χ4n) is 2.31. The first-order valence-corrected chi connectivity index (χ1v) is 6.75. The predicted molar refractivity (Wildman–Crippen MR) is 68.9 cm³/mol. The maximum Gasteiger partial charge on any atom is 0.223 e. The number of amides is 2. The Kier molecular flexibility index (Phi) is 6.12. The molecule has 0 bridgehead atoms. The van der Waals surface area contributed by atoms with E-state index in [1.165, 1.54) is 0 Å². The fourth-order valence-corrected chi connectivity index (χ4v) is 2.31. The third-order valence-electron chi connectivity index (χ3n) is 3.63. The van der Waals surface area contributed by atoms with Crippen LogP contribution in [0, 0.1) is 5.92 Å². The fraction of sp³-hybridized carbons (Fsp3) is 0.846. The van der Waals surface area contributed by atoms with Crippen LogP contribution in [0.4, 0.5) is 0 Å². The van der Waals surface area contributed by atoms with E-state index in [4.69, 9.17) is 5.11 Å². The van der Waals surface area contributed by atoms with Gasteiger partial charge in [0.25, 0.3) is 0 Å². The first-order chi connectivity index (χ1) is 8.58. The van der Waals surface area contributed by atoms with Crippen molar-refractivity contribution in [1.82, 2.24) is 10.2 Å². The molecule has 1 fully saturated rings. The molecule has 2 N–H and O–H groups in total.